The molecule has 7 nitrogen and oxygen atoms in total. The summed E-state index contributed by atoms with van der Waals surface area (Å²) in [4.78, 5) is 11.9. The second-order valence-corrected chi connectivity index (χ2v) is 7.95. The Kier molecular flexibility index (Phi) is 5.00. The van der Waals surface area contributed by atoms with Gasteiger partial charge in [0.25, 0.3) is 0 Å². The second-order valence-electron chi connectivity index (χ2n) is 7.95. The molecular weight excluding hydrogens is 328 g/mol. The molecule has 2 saturated carbocycles. The van der Waals surface area contributed by atoms with E-state index in [-0.39, 0.29) is 11.6 Å². The highest BCUT2D eigenvalue weighted by Gasteiger charge is 2.42. The zero-order chi connectivity index (χ0) is 18.0. The Labute approximate surface area is 153 Å². The number of nitrogens with zero attached hydrogens (tertiary/aromatic N) is 3. The van der Waals surface area contributed by atoms with E-state index in [1.807, 2.05) is 12.3 Å². The van der Waals surface area contributed by atoms with Gasteiger partial charge in [0.15, 0.2) is 0 Å². The van der Waals surface area contributed by atoms with E-state index in [1.165, 1.54) is 25.7 Å². The molecule has 0 aliphatic heterocycles. The predicted octanol–water partition coefficient (Wildman–Crippen LogP) is 3.60. The minimum Gasteiger partial charge on any atom is -0.383 e. The van der Waals surface area contributed by atoms with Gasteiger partial charge in [0, 0.05) is 24.2 Å². The van der Waals surface area contributed by atoms with E-state index in [4.69, 9.17) is 10.3 Å². The van der Waals surface area contributed by atoms with Gasteiger partial charge in [-0.15, -0.1) is 0 Å². The molecule has 0 spiro atoms. The van der Waals surface area contributed by atoms with Crippen LogP contribution in [0.25, 0.3) is 11.0 Å². The quantitative estimate of drug-likeness (QED) is 0.629. The molecule has 1 atom stereocenters. The molecule has 2 aliphatic carbocycles. The maximum Gasteiger partial charge on any atom is 0.141 e. The summed E-state index contributed by atoms with van der Waals surface area (Å²) >= 11 is 0. The first-order valence-electron chi connectivity index (χ1n) is 9.63. The minimum atomic E-state index is -0.159. The van der Waals surface area contributed by atoms with Crippen LogP contribution in [0.2, 0.25) is 0 Å². The predicted molar refractivity (Wildman–Crippen MR) is 99.1 cm³/mol. The van der Waals surface area contributed by atoms with Gasteiger partial charge in [0.05, 0.1) is 12.3 Å². The number of hydrogen-bond donors (Lipinski definition) is 3. The Morgan fingerprint density at radius 2 is 2.15 bits per heavy atom. The number of ether oxygens (including phenoxy) is 1. The fraction of sp³-hybridized carbons (Fsp3) is 0.684. The molecule has 0 saturated heterocycles. The Morgan fingerprint density at radius 3 is 2.85 bits per heavy atom. The molecule has 140 valence electrons. The fourth-order valence-electron chi connectivity index (χ4n) is 4.39. The number of fused-ring (bicyclic) bond motifs is 1. The van der Waals surface area contributed by atoms with Crippen molar-refractivity contribution in [2.24, 2.45) is 17.0 Å². The van der Waals surface area contributed by atoms with Gasteiger partial charge in [-0.25, -0.2) is 15.5 Å². The number of H-pyrrole nitrogens is 1. The molecule has 3 N–H and O–H groups in total. The summed E-state index contributed by atoms with van der Waals surface area (Å²) in [5.41, 5.74) is 9.73. The van der Waals surface area contributed by atoms with Crippen LogP contribution in [0.4, 0.5) is 0 Å². The first-order valence-corrected chi connectivity index (χ1v) is 9.63. The van der Waals surface area contributed by atoms with Gasteiger partial charge in [0.2, 0.25) is 0 Å². The largest absolute Gasteiger partial charge is 0.383 e. The summed E-state index contributed by atoms with van der Waals surface area (Å²) in [5.74, 6) is 1.11. The van der Waals surface area contributed by atoms with E-state index < -0.39 is 0 Å². The molecule has 0 amide bonds. The normalized spacial score (nSPS) is 25.9. The van der Waals surface area contributed by atoms with Gasteiger partial charge < -0.3 is 15.0 Å². The number of aromatic nitrogens is 3. The molecule has 2 heterocycles. The molecule has 0 aromatic carbocycles. The van der Waals surface area contributed by atoms with Gasteiger partial charge in [-0.2, -0.15) is 5.11 Å². The number of rotatable bonds is 8. The van der Waals surface area contributed by atoms with E-state index in [0.717, 1.165) is 42.7 Å². The third-order valence-electron chi connectivity index (χ3n) is 6.18. The SMILES string of the molecule is COCC1(NCC2CCC(C(N=N)c3ncnc4[nH]ccc34)CC2)CC1. The lowest BCUT2D eigenvalue weighted by molar-refractivity contribution is 0.149. The monoisotopic (exact) mass is 356 g/mol. The first kappa shape index (κ1) is 17.5. The van der Waals surface area contributed by atoms with E-state index in [9.17, 15) is 0 Å². The Hall–Kier alpha value is -1.86. The van der Waals surface area contributed by atoms with Crippen molar-refractivity contribution in [3.8, 4) is 0 Å². The molecule has 2 fully saturated rings. The molecule has 0 radical (unpaired) electrons. The molecule has 2 aromatic heterocycles. The molecule has 0 bridgehead atoms. The van der Waals surface area contributed by atoms with Crippen molar-refractivity contribution >= 4 is 11.0 Å². The maximum atomic E-state index is 7.76. The topological polar surface area (TPSA) is 99.0 Å². The average molecular weight is 356 g/mol. The van der Waals surface area contributed by atoms with Crippen LogP contribution in [0.3, 0.4) is 0 Å². The molecule has 2 aromatic rings. The van der Waals surface area contributed by atoms with Gasteiger partial charge in [-0.1, -0.05) is 0 Å². The van der Waals surface area contributed by atoms with Crippen LogP contribution in [-0.4, -0.2) is 40.8 Å². The van der Waals surface area contributed by atoms with Crippen LogP contribution >= 0.6 is 0 Å². The molecule has 7 heteroatoms. The smallest absolute Gasteiger partial charge is 0.141 e. The summed E-state index contributed by atoms with van der Waals surface area (Å²) in [6, 6.07) is 1.83. The summed E-state index contributed by atoms with van der Waals surface area (Å²) in [6.45, 7) is 1.90. The van der Waals surface area contributed by atoms with Crippen molar-refractivity contribution in [1.29, 1.82) is 5.53 Å². The van der Waals surface area contributed by atoms with Crippen LogP contribution in [0.1, 0.15) is 50.3 Å². The molecular formula is C19H28N6O. The van der Waals surface area contributed by atoms with Gasteiger partial charge in [-0.05, 0) is 63.0 Å². The standard InChI is InChI=1S/C19H28N6O/c1-26-11-19(7-8-19)24-10-13-2-4-14(5-3-13)16(25-20)17-15-6-9-21-18(15)23-12-22-17/h6,9,12-14,16,20,24H,2-5,7-8,10-11H2,1H3,(H,21,22,23). The number of hydrogen-bond acceptors (Lipinski definition) is 6. The van der Waals surface area contributed by atoms with Crippen LogP contribution < -0.4 is 5.32 Å². The number of nitrogens with one attached hydrogen (secondary N) is 3. The highest BCUT2D eigenvalue weighted by molar-refractivity contribution is 5.78. The Bertz CT molecular complexity index is 747. The van der Waals surface area contributed by atoms with Gasteiger partial charge in [0.1, 0.15) is 18.0 Å². The van der Waals surface area contributed by atoms with Crippen LogP contribution in [0.15, 0.2) is 23.7 Å². The van der Waals surface area contributed by atoms with Crippen molar-refractivity contribution < 1.29 is 4.74 Å². The zero-order valence-electron chi connectivity index (χ0n) is 15.4. The highest BCUT2D eigenvalue weighted by atomic mass is 16.5. The van der Waals surface area contributed by atoms with Crippen molar-refractivity contribution in [2.75, 3.05) is 20.3 Å². The third kappa shape index (κ3) is 3.50. The fourth-order valence-corrected chi connectivity index (χ4v) is 4.39. The average Bonchev–Trinajstić information content (AvgIpc) is 3.26. The molecule has 1 unspecified atom stereocenters. The molecule has 2 aliphatic rings. The Morgan fingerprint density at radius 1 is 1.35 bits per heavy atom. The van der Waals surface area contributed by atoms with Crippen LogP contribution in [0, 0.1) is 17.4 Å². The summed E-state index contributed by atoms with van der Waals surface area (Å²) < 4.78 is 5.34. The van der Waals surface area contributed by atoms with Crippen molar-refractivity contribution in [1.82, 2.24) is 20.3 Å². The lowest BCUT2D eigenvalue weighted by Crippen LogP contribution is -2.39. The van der Waals surface area contributed by atoms with Crippen LogP contribution in [0.5, 0.6) is 0 Å². The highest BCUT2D eigenvalue weighted by Crippen LogP contribution is 2.41. The minimum absolute atomic E-state index is 0.159. The summed E-state index contributed by atoms with van der Waals surface area (Å²) in [5, 5.41) is 8.70. The lowest BCUT2D eigenvalue weighted by Gasteiger charge is -2.32. The molecule has 26 heavy (non-hydrogen) atoms. The van der Waals surface area contributed by atoms with E-state index in [2.05, 4.69) is 25.4 Å². The molecule has 4 rings (SSSR count). The van der Waals surface area contributed by atoms with Gasteiger partial charge in [-0.3, -0.25) is 0 Å². The summed E-state index contributed by atoms with van der Waals surface area (Å²) in [6.07, 6.45) is 10.5. The zero-order valence-corrected chi connectivity index (χ0v) is 15.4. The maximum absolute atomic E-state index is 7.76. The Balaban J connectivity index is 1.36. The number of aromatic amines is 1. The third-order valence-corrected chi connectivity index (χ3v) is 6.18. The number of methoxy groups -OCH3 is 1. The summed E-state index contributed by atoms with van der Waals surface area (Å²) in [7, 11) is 1.78. The second kappa shape index (κ2) is 7.40. The van der Waals surface area contributed by atoms with Crippen LogP contribution in [-0.2, 0) is 4.74 Å². The lowest BCUT2D eigenvalue weighted by atomic mass is 9.77. The van der Waals surface area contributed by atoms with Crippen molar-refractivity contribution in [3.63, 3.8) is 0 Å². The van der Waals surface area contributed by atoms with E-state index >= 15 is 0 Å². The first-order chi connectivity index (χ1) is 12.7. The van der Waals surface area contributed by atoms with E-state index in [0.29, 0.717) is 11.8 Å². The van der Waals surface area contributed by atoms with Crippen molar-refractivity contribution in [3.05, 3.63) is 24.3 Å². The van der Waals surface area contributed by atoms with Crippen molar-refractivity contribution in [2.45, 2.75) is 50.1 Å². The van der Waals surface area contributed by atoms with Gasteiger partial charge >= 0.3 is 0 Å². The van der Waals surface area contributed by atoms with E-state index in [1.54, 1.807) is 13.4 Å².